The van der Waals surface area contributed by atoms with E-state index < -0.39 is 8.07 Å². The van der Waals surface area contributed by atoms with Gasteiger partial charge in [0, 0.05) is 16.5 Å². The molecule has 7 heteroatoms. The highest BCUT2D eigenvalue weighted by Crippen LogP contribution is 2.36. The lowest BCUT2D eigenvalue weighted by molar-refractivity contribution is 1.03. The number of imidazole rings is 2. The average molecular weight is 899 g/mol. The van der Waals surface area contributed by atoms with E-state index in [-0.39, 0.29) is 0 Å². The third-order valence-corrected chi connectivity index (χ3v) is 18.9. The number of rotatable bonds is 7. The first-order chi connectivity index (χ1) is 34.2. The quantitative estimate of drug-likeness (QED) is 0.118. The zero-order valence-corrected chi connectivity index (χ0v) is 38.4. The van der Waals surface area contributed by atoms with Crippen molar-refractivity contribution in [3.63, 3.8) is 0 Å². The lowest BCUT2D eigenvalue weighted by atomic mass is 10.0. The molecule has 0 aliphatic rings. The molecule has 0 aliphatic heterocycles. The Bertz CT molecular complexity index is 4150. The largest absolute Gasteiger partial charge is 0.309 e. The Morgan fingerprint density at radius 2 is 0.725 bits per heavy atom. The van der Waals surface area contributed by atoms with Crippen molar-refractivity contribution in [3.05, 3.63) is 255 Å². The average Bonchev–Trinajstić information content (AvgIpc) is 4.08. The summed E-state index contributed by atoms with van der Waals surface area (Å²) in [5.74, 6) is 1.56. The van der Waals surface area contributed by atoms with Crippen molar-refractivity contribution in [1.29, 1.82) is 0 Å². The predicted octanol–water partition coefficient (Wildman–Crippen LogP) is 11.9. The third kappa shape index (κ3) is 5.91. The van der Waals surface area contributed by atoms with E-state index in [2.05, 4.69) is 273 Å². The van der Waals surface area contributed by atoms with Crippen LogP contribution >= 0.6 is 0 Å². The van der Waals surface area contributed by atoms with Gasteiger partial charge in [-0.15, -0.1) is 0 Å². The van der Waals surface area contributed by atoms with Crippen molar-refractivity contribution in [3.8, 4) is 22.5 Å². The van der Waals surface area contributed by atoms with Crippen LogP contribution in [0.4, 0.5) is 0 Å². The van der Waals surface area contributed by atoms with Crippen LogP contribution in [0.5, 0.6) is 0 Å². The van der Waals surface area contributed by atoms with Crippen LogP contribution in [-0.4, -0.2) is 36.0 Å². The molecule has 0 saturated heterocycles. The maximum absolute atomic E-state index is 5.43. The van der Waals surface area contributed by atoms with Crippen molar-refractivity contribution in [2.45, 2.75) is 0 Å². The summed E-state index contributed by atoms with van der Waals surface area (Å²) in [7, 11) is -3.03. The second kappa shape index (κ2) is 15.5. The SMILES string of the molecule is c1ccc(-n2c3nc4ccccc4n3c3ccc(-c4cc(-n5c6ccccc6c6ccccc65)cc([Si](c5ccccc5)(c5ccccc5)c5ccccc5)c4)cc3n3c4ccccc4nc23)cc1. The zero-order chi connectivity index (χ0) is 45.5. The van der Waals surface area contributed by atoms with E-state index in [9.17, 15) is 0 Å². The molecule has 4 aromatic heterocycles. The van der Waals surface area contributed by atoms with Gasteiger partial charge in [-0.05, 0) is 105 Å². The lowest BCUT2D eigenvalue weighted by Crippen LogP contribution is -2.74. The summed E-state index contributed by atoms with van der Waals surface area (Å²) < 4.78 is 9.33. The maximum atomic E-state index is 5.43. The van der Waals surface area contributed by atoms with Crippen LogP contribution in [0, 0.1) is 0 Å². The Labute approximate surface area is 398 Å². The molecule has 0 saturated carbocycles. The highest BCUT2D eigenvalue weighted by Gasteiger charge is 2.42. The molecule has 0 aliphatic carbocycles. The van der Waals surface area contributed by atoms with Crippen LogP contribution in [-0.2, 0) is 0 Å². The molecular formula is C62H42N6Si. The van der Waals surface area contributed by atoms with Gasteiger partial charge >= 0.3 is 0 Å². The van der Waals surface area contributed by atoms with Crippen LogP contribution < -0.4 is 20.7 Å². The molecule has 0 fully saturated rings. The Hall–Kier alpha value is -9.04. The topological polar surface area (TPSA) is 44.5 Å². The van der Waals surface area contributed by atoms with E-state index in [1.807, 2.05) is 0 Å². The predicted molar refractivity (Wildman–Crippen MR) is 288 cm³/mol. The molecular weight excluding hydrogens is 857 g/mol. The summed E-state index contributed by atoms with van der Waals surface area (Å²) in [6.07, 6.45) is 0. The van der Waals surface area contributed by atoms with Crippen molar-refractivity contribution >= 4 is 95.3 Å². The molecule has 4 heterocycles. The minimum absolute atomic E-state index is 0.776. The molecule has 0 N–H and O–H groups in total. The molecule has 324 valence electrons. The van der Waals surface area contributed by atoms with Crippen molar-refractivity contribution in [2.75, 3.05) is 0 Å². The van der Waals surface area contributed by atoms with E-state index in [4.69, 9.17) is 9.97 Å². The summed E-state index contributed by atoms with van der Waals surface area (Å²) in [5, 5.41) is 7.73. The first-order valence-electron chi connectivity index (χ1n) is 23.5. The molecule has 6 nitrogen and oxygen atoms in total. The minimum atomic E-state index is -3.03. The third-order valence-electron chi connectivity index (χ3n) is 14.1. The molecule has 14 aromatic rings. The van der Waals surface area contributed by atoms with Crippen LogP contribution in [0.25, 0.3) is 89.0 Å². The Morgan fingerprint density at radius 3 is 1.26 bits per heavy atom. The Kier molecular flexibility index (Phi) is 8.81. The molecule has 0 spiro atoms. The number of aromatic nitrogens is 6. The van der Waals surface area contributed by atoms with Gasteiger partial charge in [-0.2, -0.15) is 0 Å². The van der Waals surface area contributed by atoms with E-state index >= 15 is 0 Å². The van der Waals surface area contributed by atoms with Crippen molar-refractivity contribution < 1.29 is 0 Å². The van der Waals surface area contributed by atoms with Gasteiger partial charge in [-0.25, -0.2) is 14.5 Å². The number of fused-ring (bicyclic) bond motifs is 12. The molecule has 0 atom stereocenters. The van der Waals surface area contributed by atoms with Crippen LogP contribution in [0.1, 0.15) is 0 Å². The number of nitrogens with zero attached hydrogens (tertiary/aromatic N) is 6. The summed E-state index contributed by atoms with van der Waals surface area (Å²) >= 11 is 0. The number of benzene rings is 10. The summed E-state index contributed by atoms with van der Waals surface area (Å²) in [6.45, 7) is 0. The lowest BCUT2D eigenvalue weighted by Gasteiger charge is -2.35. The minimum Gasteiger partial charge on any atom is -0.309 e. The van der Waals surface area contributed by atoms with Crippen LogP contribution in [0.3, 0.4) is 0 Å². The summed E-state index contributed by atoms with van der Waals surface area (Å²) in [6, 6.07) is 93.1. The maximum Gasteiger partial charge on any atom is 0.223 e. The van der Waals surface area contributed by atoms with E-state index in [0.29, 0.717) is 0 Å². The Balaban J connectivity index is 1.16. The van der Waals surface area contributed by atoms with Gasteiger partial charge in [-0.3, -0.25) is 8.80 Å². The molecule has 10 aromatic carbocycles. The van der Waals surface area contributed by atoms with Gasteiger partial charge in [0.05, 0.1) is 49.8 Å². The fourth-order valence-corrected chi connectivity index (χ4v) is 16.0. The molecule has 0 bridgehead atoms. The zero-order valence-electron chi connectivity index (χ0n) is 37.4. The van der Waals surface area contributed by atoms with Gasteiger partial charge in [0.2, 0.25) is 11.6 Å². The van der Waals surface area contributed by atoms with Crippen molar-refractivity contribution in [1.82, 2.24) is 27.9 Å². The first kappa shape index (κ1) is 39.2. The normalized spacial score (nSPS) is 12.1. The van der Waals surface area contributed by atoms with Crippen LogP contribution in [0.2, 0.25) is 0 Å². The van der Waals surface area contributed by atoms with Gasteiger partial charge < -0.3 is 4.57 Å². The van der Waals surface area contributed by atoms with Gasteiger partial charge in [0.25, 0.3) is 0 Å². The molecule has 0 radical (unpaired) electrons. The number of para-hydroxylation sites is 7. The highest BCUT2D eigenvalue weighted by molar-refractivity contribution is 7.20. The molecule has 14 rings (SSSR count). The molecule has 0 unspecified atom stereocenters. The molecule has 0 amide bonds. The Morgan fingerprint density at radius 1 is 0.275 bits per heavy atom. The van der Waals surface area contributed by atoms with Crippen molar-refractivity contribution in [2.24, 2.45) is 0 Å². The number of hydrogen-bond donors (Lipinski definition) is 0. The standard InChI is InChI=1S/C62H42N6Si/c1-5-21-45(22-6-1)66-61-63-53-31-15-19-35-57(53)67(61)59-38-37-43(41-60(59)68-58-36-20-16-32-54(58)64-62(66)68)44-39-46(65-55-33-17-13-29-51(55)52-30-14-18-34-56(52)65)42-50(40-44)69(47-23-7-2-8-24-47,48-25-9-3-10-26-48)49-27-11-4-12-28-49/h1-42H. The van der Waals surface area contributed by atoms with E-state index in [0.717, 1.165) is 67.2 Å². The summed E-state index contributed by atoms with van der Waals surface area (Å²) in [5.41, 5.74) is 12.6. The van der Waals surface area contributed by atoms with Crippen LogP contribution in [0.15, 0.2) is 255 Å². The molecule has 69 heavy (non-hydrogen) atoms. The fourth-order valence-electron chi connectivity index (χ4n) is 11.2. The second-order valence-electron chi connectivity index (χ2n) is 17.8. The summed E-state index contributed by atoms with van der Waals surface area (Å²) in [4.78, 5) is 10.8. The van der Waals surface area contributed by atoms with E-state index in [1.165, 1.54) is 42.6 Å². The smallest absolute Gasteiger partial charge is 0.223 e. The fraction of sp³-hybridized carbons (Fsp3) is 0. The first-order valence-corrected chi connectivity index (χ1v) is 25.5. The second-order valence-corrected chi connectivity index (χ2v) is 21.6. The van der Waals surface area contributed by atoms with Gasteiger partial charge in [0.15, 0.2) is 8.07 Å². The van der Waals surface area contributed by atoms with Gasteiger partial charge in [-0.1, -0.05) is 182 Å². The monoisotopic (exact) mass is 898 g/mol. The number of hydrogen-bond acceptors (Lipinski definition) is 2. The van der Waals surface area contributed by atoms with Gasteiger partial charge in [0.1, 0.15) is 0 Å². The van der Waals surface area contributed by atoms with E-state index in [1.54, 1.807) is 0 Å². The highest BCUT2D eigenvalue weighted by atomic mass is 28.3.